The molecule has 2 nitrogen and oxygen atoms in total. The zero-order chi connectivity index (χ0) is 13.1. The molecule has 1 aliphatic carbocycles. The van der Waals surface area contributed by atoms with Gasteiger partial charge < -0.3 is 0 Å². The van der Waals surface area contributed by atoms with Crippen molar-refractivity contribution in [2.24, 2.45) is 5.92 Å². The first-order valence-corrected chi connectivity index (χ1v) is 7.16. The summed E-state index contributed by atoms with van der Waals surface area (Å²) in [6.45, 7) is 10.8. The Morgan fingerprint density at radius 3 is 2.78 bits per heavy atom. The van der Waals surface area contributed by atoms with E-state index in [9.17, 15) is 0 Å². The molecule has 2 bridgehead atoms. The van der Waals surface area contributed by atoms with Crippen molar-refractivity contribution in [3.63, 3.8) is 0 Å². The first-order chi connectivity index (χ1) is 8.78. The fourth-order valence-corrected chi connectivity index (χ4v) is 3.11. The molecule has 2 unspecified atom stereocenters. The molecule has 2 heterocycles. The molecule has 1 aromatic heterocycles. The van der Waals surface area contributed by atoms with Gasteiger partial charge in [-0.05, 0) is 49.1 Å². The molecule has 1 aromatic rings. The molecule has 18 heavy (non-hydrogen) atoms. The molecular weight excluding hydrogens is 220 g/mol. The van der Waals surface area contributed by atoms with Gasteiger partial charge in [0, 0.05) is 24.5 Å². The molecule has 0 amide bonds. The highest BCUT2D eigenvalue weighted by atomic mass is 15.2. The van der Waals surface area contributed by atoms with Crippen LogP contribution < -0.4 is 0 Å². The van der Waals surface area contributed by atoms with Crippen LogP contribution in [0.25, 0.3) is 5.57 Å². The second kappa shape index (κ2) is 5.66. The number of pyridine rings is 1. The van der Waals surface area contributed by atoms with Crippen molar-refractivity contribution >= 4 is 5.57 Å². The van der Waals surface area contributed by atoms with Gasteiger partial charge >= 0.3 is 0 Å². The van der Waals surface area contributed by atoms with E-state index in [4.69, 9.17) is 0 Å². The maximum absolute atomic E-state index is 4.27. The Labute approximate surface area is 111 Å². The van der Waals surface area contributed by atoms with Crippen LogP contribution in [-0.2, 0) is 0 Å². The molecule has 0 aromatic carbocycles. The lowest BCUT2D eigenvalue weighted by atomic mass is 10.0. The fourth-order valence-electron chi connectivity index (χ4n) is 3.11. The summed E-state index contributed by atoms with van der Waals surface area (Å²) >= 11 is 0. The first kappa shape index (κ1) is 13.3. The Morgan fingerprint density at radius 1 is 1.39 bits per heavy atom. The van der Waals surface area contributed by atoms with Crippen molar-refractivity contribution in [2.75, 3.05) is 13.1 Å². The number of likely N-dealkylation sites (N-methyl/N-ethyl adjacent to an activating group) is 1. The van der Waals surface area contributed by atoms with Crippen LogP contribution in [0, 0.1) is 12.8 Å². The standard InChI is InChI=1S/C14H18N2.C2H6/c1-3-16-9-11-7-13(14(16)8-11)12-4-5-15-10(2)6-12;1-2/h4-7,11,14H,3,8-9H2,1-2H3;1-2H3. The summed E-state index contributed by atoms with van der Waals surface area (Å²) in [5, 5.41) is 0. The maximum atomic E-state index is 4.27. The monoisotopic (exact) mass is 244 g/mol. The van der Waals surface area contributed by atoms with Gasteiger partial charge in [-0.3, -0.25) is 9.88 Å². The minimum Gasteiger partial charge on any atom is -0.296 e. The van der Waals surface area contributed by atoms with Crippen LogP contribution in [0.15, 0.2) is 24.4 Å². The minimum absolute atomic E-state index is 0.664. The molecule has 0 N–H and O–H groups in total. The number of aromatic nitrogens is 1. The van der Waals surface area contributed by atoms with E-state index in [-0.39, 0.29) is 0 Å². The molecule has 3 rings (SSSR count). The number of fused-ring (bicyclic) bond motifs is 2. The fraction of sp³-hybridized carbons (Fsp3) is 0.562. The van der Waals surface area contributed by atoms with Crippen molar-refractivity contribution in [3.05, 3.63) is 35.7 Å². The summed E-state index contributed by atoms with van der Waals surface area (Å²) < 4.78 is 0. The largest absolute Gasteiger partial charge is 0.296 e. The molecule has 2 aliphatic rings. The van der Waals surface area contributed by atoms with Crippen LogP contribution in [0.1, 0.15) is 38.4 Å². The molecule has 0 saturated carbocycles. The lowest BCUT2D eigenvalue weighted by molar-refractivity contribution is 0.303. The highest BCUT2D eigenvalue weighted by Crippen LogP contribution is 2.41. The van der Waals surface area contributed by atoms with E-state index in [2.05, 4.69) is 41.9 Å². The SMILES string of the molecule is CC.CCN1CC2C=C(c3ccnc(C)c3)C1C2. The highest BCUT2D eigenvalue weighted by Gasteiger charge is 2.38. The van der Waals surface area contributed by atoms with Gasteiger partial charge in [-0.15, -0.1) is 0 Å². The van der Waals surface area contributed by atoms with Gasteiger partial charge in [0.1, 0.15) is 0 Å². The normalized spacial score (nSPS) is 25.7. The van der Waals surface area contributed by atoms with Gasteiger partial charge in [0.05, 0.1) is 0 Å². The third-order valence-electron chi connectivity index (χ3n) is 3.85. The van der Waals surface area contributed by atoms with E-state index in [1.165, 1.54) is 30.6 Å². The van der Waals surface area contributed by atoms with Crippen molar-refractivity contribution in [1.29, 1.82) is 0 Å². The Kier molecular flexibility index (Phi) is 4.18. The van der Waals surface area contributed by atoms with E-state index in [1.807, 2.05) is 20.0 Å². The Morgan fingerprint density at radius 2 is 2.17 bits per heavy atom. The van der Waals surface area contributed by atoms with Crippen LogP contribution in [0.4, 0.5) is 0 Å². The van der Waals surface area contributed by atoms with Gasteiger partial charge in [-0.2, -0.15) is 0 Å². The number of hydrogen-bond acceptors (Lipinski definition) is 2. The Hall–Kier alpha value is -1.15. The molecule has 1 saturated heterocycles. The summed E-state index contributed by atoms with van der Waals surface area (Å²) in [6, 6.07) is 5.02. The van der Waals surface area contributed by atoms with Gasteiger partial charge in [0.2, 0.25) is 0 Å². The second-order valence-electron chi connectivity index (χ2n) is 4.91. The van der Waals surface area contributed by atoms with Crippen LogP contribution in [0.3, 0.4) is 0 Å². The molecule has 1 aliphatic heterocycles. The van der Waals surface area contributed by atoms with Crippen LogP contribution in [0.5, 0.6) is 0 Å². The molecule has 0 spiro atoms. The zero-order valence-corrected chi connectivity index (χ0v) is 12.0. The molecular formula is C16H24N2. The highest BCUT2D eigenvalue weighted by molar-refractivity contribution is 5.73. The van der Waals surface area contributed by atoms with Crippen LogP contribution in [-0.4, -0.2) is 29.0 Å². The van der Waals surface area contributed by atoms with Crippen molar-refractivity contribution in [1.82, 2.24) is 9.88 Å². The van der Waals surface area contributed by atoms with E-state index in [0.29, 0.717) is 6.04 Å². The number of rotatable bonds is 2. The van der Waals surface area contributed by atoms with E-state index in [0.717, 1.165) is 11.6 Å². The molecule has 2 heteroatoms. The Bertz CT molecular complexity index is 436. The van der Waals surface area contributed by atoms with Gasteiger partial charge in [0.25, 0.3) is 0 Å². The summed E-state index contributed by atoms with van der Waals surface area (Å²) in [5.74, 6) is 0.786. The smallest absolute Gasteiger partial charge is 0.0378 e. The summed E-state index contributed by atoms with van der Waals surface area (Å²) in [4.78, 5) is 6.86. The maximum Gasteiger partial charge on any atom is 0.0378 e. The number of aryl methyl sites for hydroxylation is 1. The minimum atomic E-state index is 0.664. The quantitative estimate of drug-likeness (QED) is 0.791. The average molecular weight is 244 g/mol. The average Bonchev–Trinajstić information content (AvgIpc) is 3.00. The van der Waals surface area contributed by atoms with Gasteiger partial charge in [-0.25, -0.2) is 0 Å². The predicted molar refractivity (Wildman–Crippen MR) is 77.4 cm³/mol. The lowest BCUT2D eigenvalue weighted by Gasteiger charge is -2.27. The molecule has 1 fully saturated rings. The summed E-state index contributed by atoms with van der Waals surface area (Å²) in [5.41, 5.74) is 4.02. The topological polar surface area (TPSA) is 16.1 Å². The predicted octanol–water partition coefficient (Wildman–Crippen LogP) is 3.52. The zero-order valence-electron chi connectivity index (χ0n) is 12.0. The van der Waals surface area contributed by atoms with Crippen LogP contribution >= 0.6 is 0 Å². The number of nitrogens with zero attached hydrogens (tertiary/aromatic N) is 2. The van der Waals surface area contributed by atoms with E-state index < -0.39 is 0 Å². The van der Waals surface area contributed by atoms with Crippen molar-refractivity contribution in [3.8, 4) is 0 Å². The summed E-state index contributed by atoms with van der Waals surface area (Å²) in [7, 11) is 0. The first-order valence-electron chi connectivity index (χ1n) is 7.16. The Balaban J connectivity index is 0.000000574. The third-order valence-corrected chi connectivity index (χ3v) is 3.85. The van der Waals surface area contributed by atoms with Gasteiger partial charge in [-0.1, -0.05) is 26.8 Å². The number of likely N-dealkylation sites (tertiary alicyclic amines) is 1. The number of hydrogen-bond donors (Lipinski definition) is 0. The lowest BCUT2D eigenvalue weighted by Crippen LogP contribution is -2.31. The van der Waals surface area contributed by atoms with E-state index in [1.54, 1.807) is 0 Å². The van der Waals surface area contributed by atoms with Crippen molar-refractivity contribution in [2.45, 2.75) is 40.2 Å². The molecule has 2 atom stereocenters. The third kappa shape index (κ3) is 2.35. The summed E-state index contributed by atoms with van der Waals surface area (Å²) in [6.07, 6.45) is 5.73. The second-order valence-corrected chi connectivity index (χ2v) is 4.91. The van der Waals surface area contributed by atoms with E-state index >= 15 is 0 Å². The molecule has 0 radical (unpaired) electrons. The molecule has 98 valence electrons. The van der Waals surface area contributed by atoms with Gasteiger partial charge in [0.15, 0.2) is 0 Å². The van der Waals surface area contributed by atoms with Crippen LogP contribution in [0.2, 0.25) is 0 Å². The van der Waals surface area contributed by atoms with Crippen molar-refractivity contribution < 1.29 is 0 Å².